The molecule has 1 aliphatic rings. The Morgan fingerprint density at radius 1 is 0.885 bits per heavy atom. The molecule has 0 unspecified atom stereocenters. The van der Waals surface area contributed by atoms with Gasteiger partial charge < -0.3 is 4.90 Å². The molecule has 0 aliphatic carbocycles. The lowest BCUT2D eigenvalue weighted by molar-refractivity contribution is 0.0628. The molecule has 0 radical (unpaired) electrons. The summed E-state index contributed by atoms with van der Waals surface area (Å²) in [5.74, 6) is 0.108. The zero-order chi connectivity index (χ0) is 17.8. The van der Waals surface area contributed by atoms with E-state index in [9.17, 15) is 4.79 Å². The summed E-state index contributed by atoms with van der Waals surface area (Å²) < 4.78 is 1.79. The molecule has 0 atom stereocenters. The monoisotopic (exact) mass is 346 g/mol. The molecule has 5 heteroatoms. The highest BCUT2D eigenvalue weighted by molar-refractivity contribution is 5.94. The molecule has 1 amide bonds. The normalized spacial score (nSPS) is 15.2. The van der Waals surface area contributed by atoms with Crippen LogP contribution in [0.2, 0.25) is 0 Å². The first kappa shape index (κ1) is 16.5. The SMILES string of the molecule is O=C(c1ccc(-n2cccn2)cc1)N1CCN(Cc2ccccc2)CC1. The van der Waals surface area contributed by atoms with Crippen LogP contribution in [0.4, 0.5) is 0 Å². The van der Waals surface area contributed by atoms with Crippen LogP contribution in [0.15, 0.2) is 73.1 Å². The van der Waals surface area contributed by atoms with Crippen molar-refractivity contribution in [2.24, 2.45) is 0 Å². The van der Waals surface area contributed by atoms with Crippen LogP contribution in [0.5, 0.6) is 0 Å². The molecule has 0 spiro atoms. The summed E-state index contributed by atoms with van der Waals surface area (Å²) in [6.07, 6.45) is 3.64. The zero-order valence-electron chi connectivity index (χ0n) is 14.7. The van der Waals surface area contributed by atoms with Gasteiger partial charge >= 0.3 is 0 Å². The van der Waals surface area contributed by atoms with Gasteiger partial charge in [-0.15, -0.1) is 0 Å². The number of rotatable bonds is 4. The summed E-state index contributed by atoms with van der Waals surface area (Å²) in [4.78, 5) is 17.1. The quantitative estimate of drug-likeness (QED) is 0.729. The molecule has 5 nitrogen and oxygen atoms in total. The highest BCUT2D eigenvalue weighted by Gasteiger charge is 2.22. The van der Waals surface area contributed by atoms with Crippen LogP contribution < -0.4 is 0 Å². The molecule has 1 saturated heterocycles. The fourth-order valence-corrected chi connectivity index (χ4v) is 3.31. The molecule has 0 N–H and O–H groups in total. The Bertz CT molecular complexity index is 835. The first-order valence-corrected chi connectivity index (χ1v) is 8.95. The average molecular weight is 346 g/mol. The van der Waals surface area contributed by atoms with Gasteiger partial charge in [0.2, 0.25) is 0 Å². The van der Waals surface area contributed by atoms with Crippen molar-refractivity contribution in [1.82, 2.24) is 19.6 Å². The lowest BCUT2D eigenvalue weighted by Crippen LogP contribution is -2.48. The van der Waals surface area contributed by atoms with Crippen molar-refractivity contribution in [1.29, 1.82) is 0 Å². The van der Waals surface area contributed by atoms with E-state index in [1.54, 1.807) is 10.9 Å². The fraction of sp³-hybridized carbons (Fsp3) is 0.238. The van der Waals surface area contributed by atoms with E-state index in [-0.39, 0.29) is 5.91 Å². The Morgan fingerprint density at radius 2 is 1.62 bits per heavy atom. The van der Waals surface area contributed by atoms with E-state index in [4.69, 9.17) is 0 Å². The first-order valence-electron chi connectivity index (χ1n) is 8.95. The Morgan fingerprint density at radius 3 is 2.27 bits per heavy atom. The van der Waals surface area contributed by atoms with Crippen LogP contribution >= 0.6 is 0 Å². The van der Waals surface area contributed by atoms with Crippen molar-refractivity contribution in [2.45, 2.75) is 6.54 Å². The van der Waals surface area contributed by atoms with E-state index in [1.165, 1.54) is 5.56 Å². The number of piperazine rings is 1. The second-order valence-corrected chi connectivity index (χ2v) is 6.55. The summed E-state index contributed by atoms with van der Waals surface area (Å²) in [5.41, 5.74) is 3.01. The van der Waals surface area contributed by atoms with Gasteiger partial charge in [0.1, 0.15) is 0 Å². The topological polar surface area (TPSA) is 41.4 Å². The molecule has 2 heterocycles. The van der Waals surface area contributed by atoms with Gasteiger partial charge in [0, 0.05) is 50.7 Å². The summed E-state index contributed by atoms with van der Waals surface area (Å²) in [5, 5.41) is 4.21. The van der Waals surface area contributed by atoms with E-state index in [0.29, 0.717) is 0 Å². The molecular formula is C21H22N4O. The number of aromatic nitrogens is 2. The minimum atomic E-state index is 0.108. The van der Waals surface area contributed by atoms with E-state index in [0.717, 1.165) is 44.0 Å². The minimum absolute atomic E-state index is 0.108. The van der Waals surface area contributed by atoms with E-state index >= 15 is 0 Å². The van der Waals surface area contributed by atoms with E-state index in [1.807, 2.05) is 47.5 Å². The van der Waals surface area contributed by atoms with Crippen LogP contribution in [0.1, 0.15) is 15.9 Å². The van der Waals surface area contributed by atoms with Crippen LogP contribution in [0.3, 0.4) is 0 Å². The maximum absolute atomic E-state index is 12.7. The summed E-state index contributed by atoms with van der Waals surface area (Å²) in [6, 6.07) is 20.0. The minimum Gasteiger partial charge on any atom is -0.336 e. The van der Waals surface area contributed by atoms with Crippen LogP contribution in [0, 0.1) is 0 Å². The van der Waals surface area contributed by atoms with Gasteiger partial charge in [0.15, 0.2) is 0 Å². The van der Waals surface area contributed by atoms with Crippen molar-refractivity contribution < 1.29 is 4.79 Å². The van der Waals surface area contributed by atoms with Gasteiger partial charge in [-0.3, -0.25) is 9.69 Å². The molecular weight excluding hydrogens is 324 g/mol. The molecule has 26 heavy (non-hydrogen) atoms. The molecule has 132 valence electrons. The highest BCUT2D eigenvalue weighted by atomic mass is 16.2. The molecule has 0 bridgehead atoms. The first-order chi connectivity index (χ1) is 12.8. The van der Waals surface area contributed by atoms with Crippen molar-refractivity contribution in [3.63, 3.8) is 0 Å². The highest BCUT2D eigenvalue weighted by Crippen LogP contribution is 2.14. The lowest BCUT2D eigenvalue weighted by atomic mass is 10.1. The third-order valence-electron chi connectivity index (χ3n) is 4.79. The molecule has 3 aromatic rings. The number of benzene rings is 2. The standard InChI is InChI=1S/C21H22N4O/c26-21(19-7-9-20(10-8-19)25-12-4-11-22-25)24-15-13-23(14-16-24)17-18-5-2-1-3-6-18/h1-12H,13-17H2. The fourth-order valence-electron chi connectivity index (χ4n) is 3.31. The molecule has 1 aliphatic heterocycles. The largest absolute Gasteiger partial charge is 0.336 e. The number of hydrogen-bond donors (Lipinski definition) is 0. The van der Waals surface area contributed by atoms with Gasteiger partial charge in [-0.25, -0.2) is 4.68 Å². The predicted octanol–water partition coefficient (Wildman–Crippen LogP) is 2.83. The maximum atomic E-state index is 12.7. The number of carbonyl (C=O) groups excluding carboxylic acids is 1. The van der Waals surface area contributed by atoms with Crippen molar-refractivity contribution in [3.8, 4) is 5.69 Å². The van der Waals surface area contributed by atoms with Gasteiger partial charge in [-0.2, -0.15) is 5.10 Å². The maximum Gasteiger partial charge on any atom is 0.253 e. The Kier molecular flexibility index (Phi) is 4.80. The lowest BCUT2D eigenvalue weighted by Gasteiger charge is -2.34. The third-order valence-corrected chi connectivity index (χ3v) is 4.79. The second kappa shape index (κ2) is 7.54. The molecule has 0 saturated carbocycles. The average Bonchev–Trinajstić information content (AvgIpc) is 3.24. The number of amides is 1. The molecule has 1 fully saturated rings. The second-order valence-electron chi connectivity index (χ2n) is 6.55. The Labute approximate surface area is 153 Å². The summed E-state index contributed by atoms with van der Waals surface area (Å²) in [7, 11) is 0. The number of hydrogen-bond acceptors (Lipinski definition) is 3. The number of carbonyl (C=O) groups is 1. The van der Waals surface area contributed by atoms with Gasteiger partial charge in [-0.05, 0) is 35.9 Å². The summed E-state index contributed by atoms with van der Waals surface area (Å²) in [6.45, 7) is 4.30. The van der Waals surface area contributed by atoms with Gasteiger partial charge in [-0.1, -0.05) is 30.3 Å². The van der Waals surface area contributed by atoms with Gasteiger partial charge in [0.25, 0.3) is 5.91 Å². The van der Waals surface area contributed by atoms with Crippen molar-refractivity contribution >= 4 is 5.91 Å². The zero-order valence-corrected chi connectivity index (χ0v) is 14.7. The van der Waals surface area contributed by atoms with E-state index in [2.05, 4.69) is 34.3 Å². The van der Waals surface area contributed by atoms with E-state index < -0.39 is 0 Å². The number of nitrogens with zero attached hydrogens (tertiary/aromatic N) is 4. The molecule has 1 aromatic heterocycles. The van der Waals surface area contributed by atoms with Crippen LogP contribution in [0.25, 0.3) is 5.69 Å². The van der Waals surface area contributed by atoms with Gasteiger partial charge in [0.05, 0.1) is 5.69 Å². The smallest absolute Gasteiger partial charge is 0.253 e. The third kappa shape index (κ3) is 3.68. The Hall–Kier alpha value is -2.92. The van der Waals surface area contributed by atoms with Crippen molar-refractivity contribution in [2.75, 3.05) is 26.2 Å². The van der Waals surface area contributed by atoms with Crippen LogP contribution in [-0.4, -0.2) is 51.7 Å². The molecule has 2 aromatic carbocycles. The van der Waals surface area contributed by atoms with Crippen LogP contribution in [-0.2, 0) is 6.54 Å². The Balaban J connectivity index is 1.34. The predicted molar refractivity (Wildman–Crippen MR) is 101 cm³/mol. The summed E-state index contributed by atoms with van der Waals surface area (Å²) >= 11 is 0. The molecule has 4 rings (SSSR count). The van der Waals surface area contributed by atoms with Crippen molar-refractivity contribution in [3.05, 3.63) is 84.2 Å².